The molecule has 2 N–H and O–H groups in total. The van der Waals surface area contributed by atoms with Crippen molar-refractivity contribution in [2.24, 2.45) is 0 Å². The highest BCUT2D eigenvalue weighted by atomic mass is 32.2. The maximum atomic E-state index is 14.0. The SMILES string of the molecule is COC(=O)c1c(N)/c(=C\c2ccc(OC)cc2)c2n1C(=O)[C@H](c1ccc(OC)cc1)SC=2C(=O)OC(C)C. The Labute approximate surface area is 223 Å². The number of fused-ring (bicyclic) bond motifs is 1. The second-order valence-electron chi connectivity index (χ2n) is 8.66. The van der Waals surface area contributed by atoms with E-state index in [1.807, 2.05) is 0 Å². The number of thioether (sulfide) groups is 1. The lowest BCUT2D eigenvalue weighted by Crippen LogP contribution is -2.43. The monoisotopic (exact) mass is 536 g/mol. The molecule has 10 heteroatoms. The molecule has 1 aliphatic heterocycles. The van der Waals surface area contributed by atoms with Crippen molar-refractivity contribution in [1.82, 2.24) is 4.57 Å². The van der Waals surface area contributed by atoms with Gasteiger partial charge in [-0.25, -0.2) is 9.59 Å². The van der Waals surface area contributed by atoms with Crippen molar-refractivity contribution in [1.29, 1.82) is 0 Å². The van der Waals surface area contributed by atoms with Crippen molar-refractivity contribution >= 4 is 46.3 Å². The van der Waals surface area contributed by atoms with Crippen molar-refractivity contribution in [3.8, 4) is 11.5 Å². The van der Waals surface area contributed by atoms with Crippen molar-refractivity contribution in [3.63, 3.8) is 0 Å². The number of benzene rings is 2. The fraction of sp³-hybridized carbons (Fsp3) is 0.250. The van der Waals surface area contributed by atoms with Crippen LogP contribution in [0.25, 0.3) is 11.0 Å². The Bertz CT molecular complexity index is 1510. The third-order valence-electron chi connectivity index (χ3n) is 5.90. The van der Waals surface area contributed by atoms with Gasteiger partial charge in [0.15, 0.2) is 5.69 Å². The molecular weight excluding hydrogens is 508 g/mol. The first kappa shape index (κ1) is 26.9. The summed E-state index contributed by atoms with van der Waals surface area (Å²) in [5.74, 6) is -0.607. The highest BCUT2D eigenvalue weighted by Crippen LogP contribution is 2.40. The van der Waals surface area contributed by atoms with Crippen LogP contribution in [-0.4, -0.2) is 49.8 Å². The summed E-state index contributed by atoms with van der Waals surface area (Å²) in [6.45, 7) is 3.46. The Morgan fingerprint density at radius 3 is 2.05 bits per heavy atom. The number of hydrogen-bond acceptors (Lipinski definition) is 9. The molecule has 0 spiro atoms. The number of carbonyl (C=O) groups excluding carboxylic acids is 3. The van der Waals surface area contributed by atoms with Crippen molar-refractivity contribution < 1.29 is 33.3 Å². The van der Waals surface area contributed by atoms with Crippen LogP contribution in [0.3, 0.4) is 0 Å². The maximum absolute atomic E-state index is 14.0. The number of carbonyl (C=O) groups is 3. The standard InChI is InChI=1S/C28H28N2O7S/c1-15(2)37-28(33)25-22-20(14-16-6-10-18(34-3)11-7-16)21(29)23(27(32)36-5)30(22)26(31)24(38-25)17-8-12-19(35-4)13-9-17/h6-15,24H,29H2,1-5H3/b20-14+/t24-/m0/s1. The summed E-state index contributed by atoms with van der Waals surface area (Å²) in [7, 11) is 4.31. The van der Waals surface area contributed by atoms with Gasteiger partial charge in [0.2, 0.25) is 5.91 Å². The lowest BCUT2D eigenvalue weighted by molar-refractivity contribution is -0.139. The second-order valence-corrected chi connectivity index (χ2v) is 9.78. The quantitative estimate of drug-likeness (QED) is 0.455. The van der Waals surface area contributed by atoms with Gasteiger partial charge in [-0.3, -0.25) is 9.36 Å². The van der Waals surface area contributed by atoms with E-state index in [9.17, 15) is 14.4 Å². The Balaban J connectivity index is 2.05. The van der Waals surface area contributed by atoms with Crippen LogP contribution in [0.15, 0.2) is 48.5 Å². The largest absolute Gasteiger partial charge is 0.497 e. The molecule has 9 nitrogen and oxygen atoms in total. The number of nitrogens with two attached hydrogens (primary N) is 1. The highest BCUT2D eigenvalue weighted by Gasteiger charge is 2.38. The molecule has 38 heavy (non-hydrogen) atoms. The molecule has 0 saturated carbocycles. The molecule has 1 atom stereocenters. The van der Waals surface area contributed by atoms with Crippen LogP contribution >= 0.6 is 11.8 Å². The molecule has 2 aromatic carbocycles. The summed E-state index contributed by atoms with van der Waals surface area (Å²) in [5.41, 5.74) is 7.69. The van der Waals surface area contributed by atoms with Crippen LogP contribution in [0.2, 0.25) is 0 Å². The molecule has 0 saturated heterocycles. The van der Waals surface area contributed by atoms with Gasteiger partial charge in [-0.05, 0) is 55.3 Å². The predicted octanol–water partition coefficient (Wildman–Crippen LogP) is 2.89. The van der Waals surface area contributed by atoms with Gasteiger partial charge in [-0.2, -0.15) is 0 Å². The van der Waals surface area contributed by atoms with Gasteiger partial charge in [0.1, 0.15) is 21.7 Å². The molecule has 0 amide bonds. The minimum absolute atomic E-state index is 0.0156. The molecule has 1 aromatic heterocycles. The van der Waals surface area contributed by atoms with Gasteiger partial charge in [0, 0.05) is 5.22 Å². The fourth-order valence-corrected chi connectivity index (χ4v) is 5.30. The topological polar surface area (TPSA) is 119 Å². The molecule has 0 unspecified atom stereocenters. The van der Waals surface area contributed by atoms with E-state index in [0.717, 1.165) is 11.8 Å². The van der Waals surface area contributed by atoms with Gasteiger partial charge in [0.05, 0.1) is 38.5 Å². The average molecular weight is 537 g/mol. The Kier molecular flexibility index (Phi) is 7.82. The Morgan fingerprint density at radius 2 is 1.53 bits per heavy atom. The van der Waals surface area contributed by atoms with E-state index in [1.165, 1.54) is 11.7 Å². The number of aromatic nitrogens is 1. The van der Waals surface area contributed by atoms with Crippen molar-refractivity contribution in [2.45, 2.75) is 25.2 Å². The third-order valence-corrected chi connectivity index (χ3v) is 7.20. The first-order valence-electron chi connectivity index (χ1n) is 11.7. The van der Waals surface area contributed by atoms with Gasteiger partial charge in [-0.1, -0.05) is 36.0 Å². The number of nitrogens with zero attached hydrogens (tertiary/aromatic N) is 1. The fourth-order valence-electron chi connectivity index (χ4n) is 4.11. The summed E-state index contributed by atoms with van der Waals surface area (Å²) >= 11 is 1.05. The molecule has 198 valence electrons. The first-order chi connectivity index (χ1) is 18.2. The molecule has 0 fully saturated rings. The maximum Gasteiger partial charge on any atom is 0.357 e. The summed E-state index contributed by atoms with van der Waals surface area (Å²) in [6, 6.07) is 14.0. The van der Waals surface area contributed by atoms with E-state index < -0.39 is 29.2 Å². The lowest BCUT2D eigenvalue weighted by Gasteiger charge is -2.24. The van der Waals surface area contributed by atoms with Crippen LogP contribution in [0.5, 0.6) is 11.5 Å². The lowest BCUT2D eigenvalue weighted by atomic mass is 10.1. The summed E-state index contributed by atoms with van der Waals surface area (Å²) in [5, 5.41) is -0.336. The minimum atomic E-state index is -0.854. The van der Waals surface area contributed by atoms with Crippen LogP contribution in [0.1, 0.15) is 45.5 Å². The zero-order valence-corrected chi connectivity index (χ0v) is 22.5. The molecule has 0 bridgehead atoms. The second kappa shape index (κ2) is 11.1. The Morgan fingerprint density at radius 1 is 0.947 bits per heavy atom. The van der Waals surface area contributed by atoms with Crippen molar-refractivity contribution in [2.75, 3.05) is 27.1 Å². The van der Waals surface area contributed by atoms with Gasteiger partial charge in [0.25, 0.3) is 0 Å². The number of methoxy groups -OCH3 is 3. The third kappa shape index (κ3) is 4.99. The van der Waals surface area contributed by atoms with Crippen molar-refractivity contribution in [3.05, 3.63) is 75.9 Å². The first-order valence-corrected chi connectivity index (χ1v) is 12.6. The number of nitrogen functional groups attached to an aromatic ring is 1. The highest BCUT2D eigenvalue weighted by molar-refractivity contribution is 8.10. The molecule has 1 aliphatic rings. The zero-order valence-electron chi connectivity index (χ0n) is 21.6. The number of esters is 2. The summed E-state index contributed by atoms with van der Waals surface area (Å²) in [6.07, 6.45) is 1.29. The smallest absolute Gasteiger partial charge is 0.357 e. The number of hydrogen-bond donors (Lipinski definition) is 1. The predicted molar refractivity (Wildman–Crippen MR) is 145 cm³/mol. The van der Waals surface area contributed by atoms with E-state index in [-0.39, 0.29) is 21.6 Å². The zero-order chi connectivity index (χ0) is 27.6. The molecule has 4 rings (SSSR count). The van der Waals surface area contributed by atoms with Crippen LogP contribution < -0.4 is 25.8 Å². The molecule has 2 heterocycles. The van der Waals surface area contributed by atoms with Gasteiger partial charge in [-0.15, -0.1) is 0 Å². The van der Waals surface area contributed by atoms with Gasteiger partial charge < -0.3 is 24.7 Å². The van der Waals surface area contributed by atoms with E-state index >= 15 is 0 Å². The molecule has 3 aromatic rings. The number of anilines is 1. The van der Waals surface area contributed by atoms with Crippen LogP contribution in [0, 0.1) is 0 Å². The summed E-state index contributed by atoms with van der Waals surface area (Å²) < 4.78 is 22.2. The molecule has 0 aliphatic carbocycles. The normalized spacial score (nSPS) is 15.3. The van der Waals surface area contributed by atoms with E-state index in [0.29, 0.717) is 27.8 Å². The van der Waals surface area contributed by atoms with E-state index in [1.54, 1.807) is 82.7 Å². The average Bonchev–Trinajstić information content (AvgIpc) is 3.20. The number of ether oxygens (including phenoxy) is 4. The van der Waals surface area contributed by atoms with Crippen LogP contribution in [0.4, 0.5) is 5.69 Å². The molecular formula is C28H28N2O7S. The van der Waals surface area contributed by atoms with E-state index in [2.05, 4.69) is 0 Å². The summed E-state index contributed by atoms with van der Waals surface area (Å²) in [4.78, 5) is 40.4. The number of rotatable bonds is 7. The van der Waals surface area contributed by atoms with Gasteiger partial charge >= 0.3 is 11.9 Å². The minimum Gasteiger partial charge on any atom is -0.497 e. The van der Waals surface area contributed by atoms with E-state index in [4.69, 9.17) is 24.7 Å². The molecule has 0 radical (unpaired) electrons. The van der Waals surface area contributed by atoms with Crippen LogP contribution in [-0.2, 0) is 14.3 Å². The Hall–Kier alpha value is -4.18.